The summed E-state index contributed by atoms with van der Waals surface area (Å²) in [4.78, 5) is 27.0. The Balaban J connectivity index is 1.36. The first-order valence-electron chi connectivity index (χ1n) is 11.6. The van der Waals surface area contributed by atoms with E-state index in [-0.39, 0.29) is 17.2 Å². The molecule has 1 saturated carbocycles. The van der Waals surface area contributed by atoms with Crippen molar-refractivity contribution in [2.45, 2.75) is 56.7 Å². The van der Waals surface area contributed by atoms with Gasteiger partial charge in [0.05, 0.1) is 5.75 Å². The summed E-state index contributed by atoms with van der Waals surface area (Å²) < 4.78 is 0. The van der Waals surface area contributed by atoms with E-state index in [1.165, 1.54) is 24.8 Å². The maximum atomic E-state index is 12.6. The summed E-state index contributed by atoms with van der Waals surface area (Å²) in [7, 11) is 0. The van der Waals surface area contributed by atoms with Gasteiger partial charge in [-0.25, -0.2) is 5.43 Å². The molecular formula is C26H31N3O2S. The Bertz CT molecular complexity index is 933. The zero-order chi connectivity index (χ0) is 22.2. The van der Waals surface area contributed by atoms with Crippen LogP contribution in [0.3, 0.4) is 0 Å². The van der Waals surface area contributed by atoms with E-state index in [0.717, 1.165) is 43.4 Å². The van der Waals surface area contributed by atoms with Gasteiger partial charge in [0.25, 0.3) is 5.91 Å². The standard InChI is InChI=1S/C26H31N3O2S/c30-24-19-32-26(29(24)18-17-20-9-5-4-6-10-20)22-15-13-21(14-16-22)25(31)28-27-23-11-7-2-1-3-8-12-23/h4-6,9-10,13-16,26H,1-3,7-8,11-12,17-19H2,(H,28,31)/t26-/m0/s1. The number of rotatable bonds is 6. The summed E-state index contributed by atoms with van der Waals surface area (Å²) in [6.45, 7) is 0.695. The highest BCUT2D eigenvalue weighted by molar-refractivity contribution is 8.00. The molecule has 1 aliphatic heterocycles. The van der Waals surface area contributed by atoms with Crippen molar-refractivity contribution >= 4 is 29.3 Å². The second-order valence-corrected chi connectivity index (χ2v) is 9.56. The third kappa shape index (κ3) is 6.00. The summed E-state index contributed by atoms with van der Waals surface area (Å²) in [6.07, 6.45) is 8.90. The van der Waals surface area contributed by atoms with Crippen molar-refractivity contribution < 1.29 is 9.59 Å². The molecule has 2 aromatic rings. The Morgan fingerprint density at radius 2 is 1.66 bits per heavy atom. The van der Waals surface area contributed by atoms with Crippen molar-refractivity contribution in [3.8, 4) is 0 Å². The molecule has 1 atom stereocenters. The summed E-state index contributed by atoms with van der Waals surface area (Å²) in [5, 5.41) is 4.39. The van der Waals surface area contributed by atoms with Gasteiger partial charge in [0.2, 0.25) is 5.91 Å². The SMILES string of the molecule is O=C(NN=C1CCCCCCC1)c1ccc([C@@H]2SCC(=O)N2CCc2ccccc2)cc1. The number of amides is 2. The molecule has 1 saturated heterocycles. The highest BCUT2D eigenvalue weighted by Crippen LogP contribution is 2.38. The van der Waals surface area contributed by atoms with Gasteiger partial charge in [0, 0.05) is 17.8 Å². The molecule has 2 aliphatic rings. The molecule has 1 heterocycles. The molecule has 0 aromatic heterocycles. The lowest BCUT2D eigenvalue weighted by Crippen LogP contribution is -2.30. The number of nitrogens with zero attached hydrogens (tertiary/aromatic N) is 2. The maximum Gasteiger partial charge on any atom is 0.271 e. The molecule has 32 heavy (non-hydrogen) atoms. The molecule has 168 valence electrons. The van der Waals surface area contributed by atoms with Crippen LogP contribution in [-0.2, 0) is 11.2 Å². The van der Waals surface area contributed by atoms with Crippen LogP contribution in [0.25, 0.3) is 0 Å². The molecule has 0 bridgehead atoms. The highest BCUT2D eigenvalue weighted by Gasteiger charge is 2.32. The van der Waals surface area contributed by atoms with Gasteiger partial charge in [0.1, 0.15) is 5.37 Å². The fourth-order valence-corrected chi connectivity index (χ4v) is 5.50. The molecule has 0 spiro atoms. The maximum absolute atomic E-state index is 12.6. The zero-order valence-corrected chi connectivity index (χ0v) is 19.3. The van der Waals surface area contributed by atoms with Crippen LogP contribution in [-0.4, -0.2) is 34.7 Å². The summed E-state index contributed by atoms with van der Waals surface area (Å²) >= 11 is 1.65. The van der Waals surface area contributed by atoms with E-state index < -0.39 is 0 Å². The van der Waals surface area contributed by atoms with E-state index in [2.05, 4.69) is 22.7 Å². The van der Waals surface area contributed by atoms with Gasteiger partial charge in [-0.15, -0.1) is 11.8 Å². The van der Waals surface area contributed by atoms with Crippen molar-refractivity contribution in [2.75, 3.05) is 12.3 Å². The molecule has 0 unspecified atom stereocenters. The van der Waals surface area contributed by atoms with Crippen LogP contribution in [0.5, 0.6) is 0 Å². The second-order valence-electron chi connectivity index (χ2n) is 8.49. The minimum atomic E-state index is -0.179. The van der Waals surface area contributed by atoms with Crippen LogP contribution in [0.2, 0.25) is 0 Å². The van der Waals surface area contributed by atoms with Gasteiger partial charge in [-0.3, -0.25) is 9.59 Å². The number of nitrogens with one attached hydrogen (secondary N) is 1. The predicted molar refractivity (Wildman–Crippen MR) is 131 cm³/mol. The fraction of sp³-hybridized carbons (Fsp3) is 0.423. The van der Waals surface area contributed by atoms with Crippen molar-refractivity contribution in [1.82, 2.24) is 10.3 Å². The number of hydrogen-bond acceptors (Lipinski definition) is 4. The van der Waals surface area contributed by atoms with E-state index in [4.69, 9.17) is 0 Å². The monoisotopic (exact) mass is 449 g/mol. The minimum absolute atomic E-state index is 0.00140. The van der Waals surface area contributed by atoms with Gasteiger partial charge >= 0.3 is 0 Å². The number of thioether (sulfide) groups is 1. The average Bonchev–Trinajstić information content (AvgIpc) is 3.18. The minimum Gasteiger partial charge on any atom is -0.326 e. The molecule has 2 aromatic carbocycles. The fourth-order valence-electron chi connectivity index (χ4n) is 4.28. The third-order valence-electron chi connectivity index (χ3n) is 6.16. The van der Waals surface area contributed by atoms with Crippen molar-refractivity contribution in [2.24, 2.45) is 5.10 Å². The van der Waals surface area contributed by atoms with Crippen LogP contribution < -0.4 is 5.43 Å². The molecule has 4 rings (SSSR count). The first-order chi connectivity index (χ1) is 15.7. The van der Waals surface area contributed by atoms with E-state index >= 15 is 0 Å². The van der Waals surface area contributed by atoms with Crippen molar-refractivity contribution in [3.05, 3.63) is 71.3 Å². The Morgan fingerprint density at radius 3 is 2.38 bits per heavy atom. The topological polar surface area (TPSA) is 61.8 Å². The zero-order valence-electron chi connectivity index (χ0n) is 18.5. The van der Waals surface area contributed by atoms with Gasteiger partial charge in [0.15, 0.2) is 0 Å². The Labute approximate surface area is 194 Å². The van der Waals surface area contributed by atoms with Crippen LogP contribution in [0.1, 0.15) is 71.8 Å². The van der Waals surface area contributed by atoms with E-state index in [1.54, 1.807) is 11.8 Å². The van der Waals surface area contributed by atoms with Crippen molar-refractivity contribution in [1.29, 1.82) is 0 Å². The van der Waals surface area contributed by atoms with E-state index in [9.17, 15) is 9.59 Å². The van der Waals surface area contributed by atoms with Crippen LogP contribution in [0, 0.1) is 0 Å². The molecule has 0 radical (unpaired) electrons. The molecular weight excluding hydrogens is 418 g/mol. The largest absolute Gasteiger partial charge is 0.326 e. The molecule has 2 amide bonds. The first kappa shape index (κ1) is 22.6. The lowest BCUT2D eigenvalue weighted by atomic mass is 9.99. The number of carbonyl (C=O) groups is 2. The molecule has 6 heteroatoms. The van der Waals surface area contributed by atoms with Gasteiger partial charge in [-0.2, -0.15) is 5.10 Å². The third-order valence-corrected chi connectivity index (χ3v) is 7.41. The first-order valence-corrected chi connectivity index (χ1v) is 12.7. The highest BCUT2D eigenvalue weighted by atomic mass is 32.2. The summed E-state index contributed by atoms with van der Waals surface area (Å²) in [5.41, 5.74) is 6.72. The number of carbonyl (C=O) groups excluding carboxylic acids is 2. The van der Waals surface area contributed by atoms with E-state index in [1.807, 2.05) is 47.4 Å². The lowest BCUT2D eigenvalue weighted by molar-refractivity contribution is -0.128. The van der Waals surface area contributed by atoms with Crippen LogP contribution in [0.4, 0.5) is 0 Å². The van der Waals surface area contributed by atoms with Gasteiger partial charge in [-0.1, -0.05) is 61.7 Å². The van der Waals surface area contributed by atoms with Crippen LogP contribution in [0.15, 0.2) is 59.7 Å². The number of hydrogen-bond donors (Lipinski definition) is 1. The lowest BCUT2D eigenvalue weighted by Gasteiger charge is -2.24. The summed E-state index contributed by atoms with van der Waals surface area (Å²) in [5.74, 6) is 0.495. The number of hydrazone groups is 1. The smallest absolute Gasteiger partial charge is 0.271 e. The number of benzene rings is 2. The normalized spacial score (nSPS) is 19.4. The Kier molecular flexibility index (Phi) is 7.99. The molecule has 1 aliphatic carbocycles. The molecule has 2 fully saturated rings. The summed E-state index contributed by atoms with van der Waals surface area (Å²) in [6, 6.07) is 17.8. The van der Waals surface area contributed by atoms with Crippen LogP contribution >= 0.6 is 11.8 Å². The van der Waals surface area contributed by atoms with Crippen molar-refractivity contribution in [3.63, 3.8) is 0 Å². The quantitative estimate of drug-likeness (QED) is 0.606. The van der Waals surface area contributed by atoms with Gasteiger partial charge < -0.3 is 4.90 Å². The Hall–Kier alpha value is -2.60. The predicted octanol–water partition coefficient (Wildman–Crippen LogP) is 5.33. The second kappa shape index (κ2) is 11.3. The van der Waals surface area contributed by atoms with E-state index in [0.29, 0.717) is 17.9 Å². The average molecular weight is 450 g/mol. The van der Waals surface area contributed by atoms with Gasteiger partial charge in [-0.05, 0) is 55.4 Å². The molecule has 5 nitrogen and oxygen atoms in total. The molecule has 1 N–H and O–H groups in total. The Morgan fingerprint density at radius 1 is 0.969 bits per heavy atom.